The number of carbonyl (C=O) groups excluding carboxylic acids is 1. The molecule has 1 fully saturated rings. The lowest BCUT2D eigenvalue weighted by molar-refractivity contribution is -0.119. The number of pyridine rings is 1. The Morgan fingerprint density at radius 1 is 1.21 bits per heavy atom. The zero-order valence-corrected chi connectivity index (χ0v) is 17.1. The van der Waals surface area contributed by atoms with E-state index in [4.69, 9.17) is 4.74 Å². The molecule has 2 unspecified atom stereocenters. The van der Waals surface area contributed by atoms with E-state index >= 15 is 0 Å². The molecule has 2 aliphatic heterocycles. The summed E-state index contributed by atoms with van der Waals surface area (Å²) in [7, 11) is 1.64. The Morgan fingerprint density at radius 3 is 2.76 bits per heavy atom. The molecule has 1 saturated carbocycles. The van der Waals surface area contributed by atoms with Crippen molar-refractivity contribution in [1.29, 1.82) is 0 Å². The third-order valence-electron chi connectivity index (χ3n) is 6.56. The first-order valence-corrected chi connectivity index (χ1v) is 10.4. The lowest BCUT2D eigenvalue weighted by Gasteiger charge is -2.36. The number of fused-ring (bicyclic) bond motifs is 3. The van der Waals surface area contributed by atoms with Crippen molar-refractivity contribution in [3.63, 3.8) is 0 Å². The number of amides is 1. The molecule has 0 radical (unpaired) electrons. The van der Waals surface area contributed by atoms with Crippen molar-refractivity contribution in [2.75, 3.05) is 12.4 Å². The molecule has 3 aliphatic rings. The normalized spacial score (nSPS) is 23.1. The maximum absolute atomic E-state index is 12.8. The first-order chi connectivity index (χ1) is 14.1. The summed E-state index contributed by atoms with van der Waals surface area (Å²) < 4.78 is 5.42. The van der Waals surface area contributed by atoms with Crippen molar-refractivity contribution in [3.8, 4) is 17.0 Å². The maximum Gasteiger partial charge on any atom is 0.235 e. The summed E-state index contributed by atoms with van der Waals surface area (Å²) in [6, 6.07) is 6.83. The number of anilines is 1. The van der Waals surface area contributed by atoms with Crippen LogP contribution in [0.3, 0.4) is 0 Å². The average Bonchev–Trinajstić information content (AvgIpc) is 3.38. The van der Waals surface area contributed by atoms with Gasteiger partial charge in [-0.1, -0.05) is 25.0 Å². The van der Waals surface area contributed by atoms with E-state index < -0.39 is 0 Å². The Kier molecular flexibility index (Phi) is 4.30. The molecular formula is C23H26N4O2. The number of benzene rings is 1. The second-order valence-electron chi connectivity index (χ2n) is 8.30. The Balaban J connectivity index is 1.58. The molecule has 1 aliphatic carbocycles. The summed E-state index contributed by atoms with van der Waals surface area (Å²) in [5, 5.41) is 9.98. The van der Waals surface area contributed by atoms with E-state index in [1.807, 2.05) is 19.3 Å². The third-order valence-corrected chi connectivity index (χ3v) is 6.56. The molecule has 29 heavy (non-hydrogen) atoms. The second kappa shape index (κ2) is 6.87. The van der Waals surface area contributed by atoms with Gasteiger partial charge in [0.1, 0.15) is 5.92 Å². The molecule has 1 amide bonds. The second-order valence-corrected chi connectivity index (χ2v) is 8.30. The van der Waals surface area contributed by atoms with Gasteiger partial charge in [0.15, 0.2) is 0 Å². The number of aromatic nitrogens is 1. The van der Waals surface area contributed by atoms with Crippen LogP contribution in [0.1, 0.15) is 48.4 Å². The third kappa shape index (κ3) is 2.81. The van der Waals surface area contributed by atoms with Crippen LogP contribution in [-0.2, 0) is 4.79 Å². The number of hydrogen-bond donors (Lipinski definition) is 1. The van der Waals surface area contributed by atoms with Crippen LogP contribution in [0.2, 0.25) is 0 Å². The van der Waals surface area contributed by atoms with Crippen LogP contribution < -0.4 is 10.1 Å². The first-order valence-electron chi connectivity index (χ1n) is 10.4. The fourth-order valence-electron chi connectivity index (χ4n) is 5.17. The van der Waals surface area contributed by atoms with Crippen LogP contribution in [-0.4, -0.2) is 35.3 Å². The Labute approximate surface area is 171 Å². The number of methoxy groups -OCH3 is 1. The van der Waals surface area contributed by atoms with Crippen molar-refractivity contribution in [1.82, 2.24) is 9.99 Å². The number of rotatable bonds is 3. The van der Waals surface area contributed by atoms with Crippen LogP contribution in [0.5, 0.6) is 5.88 Å². The summed E-state index contributed by atoms with van der Waals surface area (Å²) in [5.41, 5.74) is 6.29. The lowest BCUT2D eigenvalue weighted by atomic mass is 9.86. The van der Waals surface area contributed by atoms with Crippen LogP contribution in [0.15, 0.2) is 29.5 Å². The summed E-state index contributed by atoms with van der Waals surface area (Å²) >= 11 is 0. The molecule has 150 valence electrons. The van der Waals surface area contributed by atoms with Crippen molar-refractivity contribution in [2.24, 2.45) is 11.0 Å². The highest BCUT2D eigenvalue weighted by Gasteiger charge is 2.44. The van der Waals surface area contributed by atoms with E-state index in [-0.39, 0.29) is 17.9 Å². The number of nitrogens with one attached hydrogen (secondary N) is 1. The minimum atomic E-state index is -0.210. The number of carbonyl (C=O) groups is 1. The molecule has 0 spiro atoms. The fraction of sp³-hybridized carbons (Fsp3) is 0.435. The molecule has 6 heteroatoms. The molecular weight excluding hydrogens is 364 g/mol. The monoisotopic (exact) mass is 390 g/mol. The molecule has 2 atom stereocenters. The Bertz CT molecular complexity index is 1010. The van der Waals surface area contributed by atoms with Crippen molar-refractivity contribution in [3.05, 3.63) is 41.1 Å². The average molecular weight is 390 g/mol. The highest BCUT2D eigenvalue weighted by molar-refractivity contribution is 6.06. The zero-order valence-electron chi connectivity index (χ0n) is 17.1. The Hall–Kier alpha value is -2.89. The highest BCUT2D eigenvalue weighted by Crippen LogP contribution is 2.45. The number of aryl methyl sites for hydroxylation is 1. The fourth-order valence-corrected chi connectivity index (χ4v) is 5.17. The van der Waals surface area contributed by atoms with Crippen LogP contribution in [0.4, 0.5) is 5.69 Å². The first kappa shape index (κ1) is 18.2. The molecule has 1 aromatic carbocycles. The highest BCUT2D eigenvalue weighted by atomic mass is 16.5. The molecule has 0 saturated heterocycles. The van der Waals surface area contributed by atoms with Gasteiger partial charge in [-0.15, -0.1) is 0 Å². The summed E-state index contributed by atoms with van der Waals surface area (Å²) in [4.78, 5) is 17.2. The maximum atomic E-state index is 12.8. The van der Waals surface area contributed by atoms with Gasteiger partial charge in [0.2, 0.25) is 11.8 Å². The molecule has 3 heterocycles. The van der Waals surface area contributed by atoms with Gasteiger partial charge in [0, 0.05) is 35.3 Å². The summed E-state index contributed by atoms with van der Waals surface area (Å²) in [5.74, 6) is 0.451. The van der Waals surface area contributed by atoms with E-state index in [2.05, 4.69) is 45.5 Å². The topological polar surface area (TPSA) is 66.8 Å². The predicted octanol–water partition coefficient (Wildman–Crippen LogP) is 4.23. The van der Waals surface area contributed by atoms with Crippen LogP contribution in [0, 0.1) is 19.8 Å². The van der Waals surface area contributed by atoms with Crippen LogP contribution in [0.25, 0.3) is 11.1 Å². The number of nitrogens with zero attached hydrogens (tertiary/aromatic N) is 3. The van der Waals surface area contributed by atoms with E-state index in [0.29, 0.717) is 11.9 Å². The number of hydrogen-bond acceptors (Lipinski definition) is 5. The smallest absolute Gasteiger partial charge is 0.235 e. The van der Waals surface area contributed by atoms with Gasteiger partial charge >= 0.3 is 0 Å². The van der Waals surface area contributed by atoms with E-state index in [1.165, 1.54) is 12.8 Å². The SMILES string of the molecule is COc1ncc(C)c(-c2ccc3c(c2)NC(=O)C2C=NN(C4CCCC4)C32)c1C. The van der Waals surface area contributed by atoms with Gasteiger partial charge in [0.05, 0.1) is 13.2 Å². The lowest BCUT2D eigenvalue weighted by Crippen LogP contribution is -2.40. The van der Waals surface area contributed by atoms with E-state index in [1.54, 1.807) is 7.11 Å². The van der Waals surface area contributed by atoms with E-state index in [0.717, 1.165) is 46.3 Å². The van der Waals surface area contributed by atoms with Gasteiger partial charge < -0.3 is 10.1 Å². The molecule has 1 aromatic heterocycles. The molecule has 2 aromatic rings. The standard InChI is InChI=1S/C23H26N4O2/c1-13-11-24-23(29-3)14(2)20(13)15-8-9-17-19(10-15)26-22(28)18-12-25-27(21(17)18)16-6-4-5-7-16/h8-12,16,18,21H,4-7H2,1-3H3,(H,26,28). The van der Waals surface area contributed by atoms with Crippen molar-refractivity contribution < 1.29 is 9.53 Å². The van der Waals surface area contributed by atoms with Gasteiger partial charge in [-0.2, -0.15) is 5.10 Å². The molecule has 0 bridgehead atoms. The van der Waals surface area contributed by atoms with E-state index in [9.17, 15) is 4.79 Å². The molecule has 6 nitrogen and oxygen atoms in total. The Morgan fingerprint density at radius 2 is 2.00 bits per heavy atom. The van der Waals surface area contributed by atoms with Crippen molar-refractivity contribution in [2.45, 2.75) is 51.6 Å². The zero-order chi connectivity index (χ0) is 20.1. The van der Waals surface area contributed by atoms with Gasteiger partial charge in [0.25, 0.3) is 0 Å². The van der Waals surface area contributed by atoms with Gasteiger partial charge in [-0.25, -0.2) is 4.98 Å². The minimum Gasteiger partial charge on any atom is -0.481 e. The largest absolute Gasteiger partial charge is 0.481 e. The van der Waals surface area contributed by atoms with Gasteiger partial charge in [-0.3, -0.25) is 9.80 Å². The van der Waals surface area contributed by atoms with Crippen LogP contribution >= 0.6 is 0 Å². The number of hydrazone groups is 1. The predicted molar refractivity (Wildman–Crippen MR) is 113 cm³/mol. The van der Waals surface area contributed by atoms with Crippen molar-refractivity contribution >= 4 is 17.8 Å². The quantitative estimate of drug-likeness (QED) is 0.852. The van der Waals surface area contributed by atoms with Gasteiger partial charge in [-0.05, 0) is 49.4 Å². The summed E-state index contributed by atoms with van der Waals surface area (Å²) in [6.45, 7) is 4.07. The molecule has 5 rings (SSSR count). The minimum absolute atomic E-state index is 0.00469. The number of ether oxygens (including phenoxy) is 1. The molecule has 1 N–H and O–H groups in total. The summed E-state index contributed by atoms with van der Waals surface area (Å²) in [6.07, 6.45) is 8.47.